The summed E-state index contributed by atoms with van der Waals surface area (Å²) in [6, 6.07) is 16.0. The highest BCUT2D eigenvalue weighted by Crippen LogP contribution is 2.49. The molecule has 2 heterocycles. The minimum atomic E-state index is -0.908. The SMILES string of the molecule is Cn1cc(C2C([O-])C(c3cn(C)c4ccccc34)C2[O-])c2ccccc21. The first-order chi connectivity index (χ1) is 12.6. The molecule has 0 bridgehead atoms. The van der Waals surface area contributed by atoms with Crippen molar-refractivity contribution in [2.75, 3.05) is 0 Å². The first-order valence-corrected chi connectivity index (χ1v) is 8.97. The van der Waals surface area contributed by atoms with Crippen LogP contribution < -0.4 is 10.2 Å². The van der Waals surface area contributed by atoms with Gasteiger partial charge in [0.05, 0.1) is 0 Å². The van der Waals surface area contributed by atoms with Crippen LogP contribution in [0.15, 0.2) is 60.9 Å². The summed E-state index contributed by atoms with van der Waals surface area (Å²) in [5, 5.41) is 28.3. The molecule has 0 N–H and O–H groups in total. The van der Waals surface area contributed by atoms with E-state index in [1.807, 2.05) is 84.2 Å². The summed E-state index contributed by atoms with van der Waals surface area (Å²) in [5.41, 5.74) is 3.94. The van der Waals surface area contributed by atoms with Crippen molar-refractivity contribution in [2.24, 2.45) is 14.1 Å². The predicted octanol–water partition coefficient (Wildman–Crippen LogP) is 2.01. The molecule has 1 fully saturated rings. The molecule has 0 spiro atoms. The number of aryl methyl sites for hydroxylation is 2. The maximum Gasteiger partial charge on any atom is 0.0480 e. The van der Waals surface area contributed by atoms with E-state index in [9.17, 15) is 10.2 Å². The third-order valence-electron chi connectivity index (χ3n) is 5.99. The van der Waals surface area contributed by atoms with Gasteiger partial charge in [-0.3, -0.25) is 0 Å². The third-order valence-corrected chi connectivity index (χ3v) is 5.99. The van der Waals surface area contributed by atoms with Crippen LogP contribution in [0.25, 0.3) is 21.8 Å². The fraction of sp³-hybridized carbons (Fsp3) is 0.273. The average Bonchev–Trinajstić information content (AvgIpc) is 3.14. The maximum atomic E-state index is 13.1. The van der Waals surface area contributed by atoms with Crippen LogP contribution in [-0.2, 0) is 14.1 Å². The normalized spacial score (nSPS) is 25.7. The van der Waals surface area contributed by atoms with Crippen LogP contribution in [0.3, 0.4) is 0 Å². The Labute approximate surface area is 151 Å². The van der Waals surface area contributed by atoms with Crippen LogP contribution in [0, 0.1) is 0 Å². The highest BCUT2D eigenvalue weighted by atomic mass is 16.3. The fourth-order valence-electron chi connectivity index (χ4n) is 4.66. The summed E-state index contributed by atoms with van der Waals surface area (Å²) in [4.78, 5) is 0. The van der Waals surface area contributed by atoms with Crippen molar-refractivity contribution in [3.63, 3.8) is 0 Å². The van der Waals surface area contributed by atoms with Crippen LogP contribution >= 0.6 is 0 Å². The molecule has 0 aliphatic heterocycles. The van der Waals surface area contributed by atoms with Gasteiger partial charge >= 0.3 is 0 Å². The predicted molar refractivity (Wildman–Crippen MR) is 98.9 cm³/mol. The number of hydrogen-bond donors (Lipinski definition) is 0. The van der Waals surface area contributed by atoms with E-state index in [4.69, 9.17) is 0 Å². The Hall–Kier alpha value is -2.56. The van der Waals surface area contributed by atoms with Gasteiger partial charge in [0.2, 0.25) is 0 Å². The molecule has 0 saturated heterocycles. The van der Waals surface area contributed by atoms with Gasteiger partial charge in [0.1, 0.15) is 0 Å². The zero-order valence-electron chi connectivity index (χ0n) is 14.8. The Bertz CT molecular complexity index is 1030. The van der Waals surface area contributed by atoms with Crippen LogP contribution in [0.1, 0.15) is 23.0 Å². The summed E-state index contributed by atoms with van der Waals surface area (Å²) in [7, 11) is 3.93. The number of benzene rings is 2. The Kier molecular flexibility index (Phi) is 3.30. The Balaban J connectivity index is 1.57. The van der Waals surface area contributed by atoms with Crippen LogP contribution in [0.4, 0.5) is 0 Å². The third kappa shape index (κ3) is 1.97. The topological polar surface area (TPSA) is 56.0 Å². The van der Waals surface area contributed by atoms with Gasteiger partial charge in [-0.25, -0.2) is 0 Å². The van der Waals surface area contributed by atoms with Crippen LogP contribution in [-0.4, -0.2) is 21.3 Å². The number of hydrogen-bond acceptors (Lipinski definition) is 2. The molecule has 4 aromatic rings. The van der Waals surface area contributed by atoms with Crippen molar-refractivity contribution in [1.82, 2.24) is 9.13 Å². The number of rotatable bonds is 2. The zero-order chi connectivity index (χ0) is 18.0. The Morgan fingerprint density at radius 2 is 1.04 bits per heavy atom. The average molecular weight is 344 g/mol. The molecule has 0 atom stereocenters. The van der Waals surface area contributed by atoms with E-state index in [-0.39, 0.29) is 0 Å². The molecule has 0 unspecified atom stereocenters. The molecule has 1 saturated carbocycles. The number of nitrogens with zero attached hydrogens (tertiary/aromatic N) is 2. The van der Waals surface area contributed by atoms with Crippen LogP contribution in [0.2, 0.25) is 0 Å². The molecule has 0 radical (unpaired) electrons. The number of fused-ring (bicyclic) bond motifs is 2. The molecule has 4 heteroatoms. The standard InChI is InChI=1S/C22H20N2O2/c1-23-11-15(13-7-3-5-9-17(13)23)19-21(25)20(22(19)26)16-12-24(2)18-10-6-4-8-14(16)18/h3-12,19-22H,1-2H3/q-2. The highest BCUT2D eigenvalue weighted by molar-refractivity contribution is 5.86. The molecular weight excluding hydrogens is 324 g/mol. The first-order valence-electron chi connectivity index (χ1n) is 8.97. The first kappa shape index (κ1) is 15.7. The lowest BCUT2D eigenvalue weighted by molar-refractivity contribution is -0.535. The van der Waals surface area contributed by atoms with E-state index >= 15 is 0 Å². The summed E-state index contributed by atoms with van der Waals surface area (Å²) < 4.78 is 4.02. The molecule has 26 heavy (non-hydrogen) atoms. The minimum Gasteiger partial charge on any atom is -0.851 e. The second-order valence-electron chi connectivity index (χ2n) is 7.41. The van der Waals surface area contributed by atoms with Gasteiger partial charge < -0.3 is 19.3 Å². The lowest BCUT2D eigenvalue weighted by Gasteiger charge is -2.61. The fourth-order valence-corrected chi connectivity index (χ4v) is 4.66. The van der Waals surface area contributed by atoms with Crippen molar-refractivity contribution in [2.45, 2.75) is 24.0 Å². The molecule has 1 aliphatic carbocycles. The molecule has 132 valence electrons. The molecule has 4 nitrogen and oxygen atoms in total. The van der Waals surface area contributed by atoms with E-state index in [0.29, 0.717) is 0 Å². The quantitative estimate of drug-likeness (QED) is 0.558. The molecule has 2 aromatic carbocycles. The second kappa shape index (κ2) is 5.47. The number of para-hydroxylation sites is 2. The van der Waals surface area contributed by atoms with E-state index < -0.39 is 24.0 Å². The van der Waals surface area contributed by atoms with Gasteiger partial charge in [-0.05, 0) is 35.1 Å². The van der Waals surface area contributed by atoms with Gasteiger partial charge in [0.25, 0.3) is 0 Å². The molecule has 5 rings (SSSR count). The summed E-state index contributed by atoms with van der Waals surface area (Å²) in [5.74, 6) is -0.963. The van der Waals surface area contributed by atoms with Gasteiger partial charge in [0, 0.05) is 48.3 Å². The monoisotopic (exact) mass is 344 g/mol. The summed E-state index contributed by atoms with van der Waals surface area (Å²) >= 11 is 0. The van der Waals surface area contributed by atoms with E-state index in [1.165, 1.54) is 0 Å². The lowest BCUT2D eigenvalue weighted by atomic mass is 9.63. The smallest absolute Gasteiger partial charge is 0.0480 e. The van der Waals surface area contributed by atoms with Crippen molar-refractivity contribution < 1.29 is 10.2 Å². The van der Waals surface area contributed by atoms with Gasteiger partial charge in [-0.2, -0.15) is 0 Å². The van der Waals surface area contributed by atoms with Crippen LogP contribution in [0.5, 0.6) is 0 Å². The van der Waals surface area contributed by atoms with Crippen molar-refractivity contribution in [1.29, 1.82) is 0 Å². The second-order valence-corrected chi connectivity index (χ2v) is 7.41. The number of aromatic nitrogens is 2. The van der Waals surface area contributed by atoms with Crippen molar-refractivity contribution >= 4 is 21.8 Å². The van der Waals surface area contributed by atoms with Gasteiger partial charge in [-0.15, -0.1) is 12.2 Å². The van der Waals surface area contributed by atoms with Gasteiger partial charge in [-0.1, -0.05) is 36.4 Å². The lowest BCUT2D eigenvalue weighted by Crippen LogP contribution is -2.63. The summed E-state index contributed by atoms with van der Waals surface area (Å²) in [6.45, 7) is 0. The maximum absolute atomic E-state index is 13.1. The van der Waals surface area contributed by atoms with E-state index in [0.717, 1.165) is 32.9 Å². The van der Waals surface area contributed by atoms with Crippen molar-refractivity contribution in [3.05, 3.63) is 72.1 Å². The Morgan fingerprint density at radius 3 is 1.46 bits per heavy atom. The molecule has 2 aromatic heterocycles. The van der Waals surface area contributed by atoms with Gasteiger partial charge in [0.15, 0.2) is 0 Å². The zero-order valence-corrected chi connectivity index (χ0v) is 14.8. The minimum absolute atomic E-state index is 0.481. The van der Waals surface area contributed by atoms with E-state index in [2.05, 4.69) is 0 Å². The Morgan fingerprint density at radius 1 is 0.654 bits per heavy atom. The van der Waals surface area contributed by atoms with E-state index in [1.54, 1.807) is 0 Å². The molecular formula is C22H20N2O2-2. The molecule has 0 amide bonds. The highest BCUT2D eigenvalue weighted by Gasteiger charge is 2.40. The molecule has 1 aliphatic rings. The van der Waals surface area contributed by atoms with Crippen molar-refractivity contribution in [3.8, 4) is 0 Å². The summed E-state index contributed by atoms with van der Waals surface area (Å²) in [6.07, 6.45) is 2.11. The largest absolute Gasteiger partial charge is 0.851 e.